The number of hydrogen-bond donors (Lipinski definition) is 1. The van der Waals surface area contributed by atoms with Gasteiger partial charge in [0.05, 0.1) is 12.1 Å². The molecule has 0 bridgehead atoms. The molecule has 0 fully saturated rings. The highest BCUT2D eigenvalue weighted by molar-refractivity contribution is 7.13. The maximum atomic E-state index is 8.63. The Kier molecular flexibility index (Phi) is 2.77. The van der Waals surface area contributed by atoms with Gasteiger partial charge in [0.1, 0.15) is 6.07 Å². The lowest BCUT2D eigenvalue weighted by Crippen LogP contribution is -1.95. The maximum absolute atomic E-state index is 8.63. The van der Waals surface area contributed by atoms with E-state index >= 15 is 0 Å². The molecular formula is C9H7N3S2. The van der Waals surface area contributed by atoms with Crippen molar-refractivity contribution in [3.63, 3.8) is 0 Å². The number of thiophene rings is 1. The van der Waals surface area contributed by atoms with Gasteiger partial charge in [-0.3, -0.25) is 0 Å². The van der Waals surface area contributed by atoms with Crippen LogP contribution in [-0.4, -0.2) is 4.98 Å². The van der Waals surface area contributed by atoms with E-state index in [4.69, 9.17) is 5.26 Å². The molecule has 0 amide bonds. The van der Waals surface area contributed by atoms with Crippen molar-refractivity contribution in [1.29, 1.82) is 5.26 Å². The molecule has 70 valence electrons. The van der Waals surface area contributed by atoms with Crippen molar-refractivity contribution >= 4 is 27.8 Å². The summed E-state index contributed by atoms with van der Waals surface area (Å²) in [6.07, 6.45) is 1.77. The number of nitrogens with zero attached hydrogens (tertiary/aromatic N) is 2. The molecule has 2 rings (SSSR count). The minimum absolute atomic E-state index is 0.728. The molecular weight excluding hydrogens is 214 g/mol. The number of anilines is 1. The van der Waals surface area contributed by atoms with E-state index in [9.17, 15) is 0 Å². The molecule has 0 saturated carbocycles. The van der Waals surface area contributed by atoms with Crippen LogP contribution in [0.4, 0.5) is 5.13 Å². The van der Waals surface area contributed by atoms with E-state index in [2.05, 4.69) is 16.4 Å². The first kappa shape index (κ1) is 9.19. The zero-order valence-corrected chi connectivity index (χ0v) is 8.86. The van der Waals surface area contributed by atoms with Gasteiger partial charge in [-0.2, -0.15) is 5.26 Å². The van der Waals surface area contributed by atoms with Gasteiger partial charge in [0.2, 0.25) is 0 Å². The van der Waals surface area contributed by atoms with Gasteiger partial charge in [-0.25, -0.2) is 4.98 Å². The first-order valence-electron chi connectivity index (χ1n) is 3.99. The van der Waals surface area contributed by atoms with Crippen LogP contribution in [0, 0.1) is 11.3 Å². The second-order valence-electron chi connectivity index (χ2n) is 2.60. The van der Waals surface area contributed by atoms with Crippen LogP contribution in [0.1, 0.15) is 10.4 Å². The number of aromatic nitrogens is 1. The van der Waals surface area contributed by atoms with Crippen molar-refractivity contribution in [1.82, 2.24) is 4.98 Å². The van der Waals surface area contributed by atoms with E-state index in [1.807, 2.05) is 16.8 Å². The standard InChI is InChI=1S/C9H7N3S2/c10-4-7-3-8(14-6-7)5-12-9-11-1-2-13-9/h1-3,6H,5H2,(H,11,12). The zero-order valence-electron chi connectivity index (χ0n) is 7.23. The monoisotopic (exact) mass is 221 g/mol. The number of nitrogens with one attached hydrogen (secondary N) is 1. The average molecular weight is 221 g/mol. The van der Waals surface area contributed by atoms with E-state index in [-0.39, 0.29) is 0 Å². The summed E-state index contributed by atoms with van der Waals surface area (Å²) in [5.74, 6) is 0. The Labute approximate surface area is 89.7 Å². The predicted molar refractivity (Wildman–Crippen MR) is 58.5 cm³/mol. The molecule has 0 atom stereocenters. The minimum Gasteiger partial charge on any atom is -0.357 e. The molecule has 2 heterocycles. The van der Waals surface area contributed by atoms with Gasteiger partial charge in [-0.05, 0) is 6.07 Å². The molecule has 1 N–H and O–H groups in total. The molecule has 3 nitrogen and oxygen atoms in total. The SMILES string of the molecule is N#Cc1csc(CNc2nccs2)c1. The van der Waals surface area contributed by atoms with Crippen molar-refractivity contribution in [3.8, 4) is 6.07 Å². The molecule has 0 aromatic carbocycles. The van der Waals surface area contributed by atoms with Gasteiger partial charge in [0, 0.05) is 21.8 Å². The van der Waals surface area contributed by atoms with Crippen LogP contribution in [0.25, 0.3) is 0 Å². The Morgan fingerprint density at radius 3 is 3.07 bits per heavy atom. The molecule has 14 heavy (non-hydrogen) atoms. The fourth-order valence-corrected chi connectivity index (χ4v) is 2.28. The molecule has 0 unspecified atom stereocenters. The summed E-state index contributed by atoms with van der Waals surface area (Å²) in [6, 6.07) is 4.00. The van der Waals surface area contributed by atoms with Gasteiger partial charge in [0.15, 0.2) is 5.13 Å². The summed E-state index contributed by atoms with van der Waals surface area (Å²) >= 11 is 3.16. The van der Waals surface area contributed by atoms with Crippen LogP contribution in [-0.2, 0) is 6.54 Å². The first-order valence-corrected chi connectivity index (χ1v) is 5.75. The molecule has 0 radical (unpaired) electrons. The van der Waals surface area contributed by atoms with E-state index in [1.165, 1.54) is 0 Å². The van der Waals surface area contributed by atoms with Crippen molar-refractivity contribution in [2.75, 3.05) is 5.32 Å². The normalized spacial score (nSPS) is 9.64. The van der Waals surface area contributed by atoms with Gasteiger partial charge in [0.25, 0.3) is 0 Å². The van der Waals surface area contributed by atoms with E-state index in [1.54, 1.807) is 28.9 Å². The van der Waals surface area contributed by atoms with Crippen LogP contribution >= 0.6 is 22.7 Å². The Balaban J connectivity index is 1.96. The summed E-state index contributed by atoms with van der Waals surface area (Å²) in [4.78, 5) is 5.26. The largest absolute Gasteiger partial charge is 0.357 e. The lowest BCUT2D eigenvalue weighted by atomic mass is 10.3. The Morgan fingerprint density at radius 1 is 1.50 bits per heavy atom. The van der Waals surface area contributed by atoms with Crippen molar-refractivity contribution in [2.24, 2.45) is 0 Å². The van der Waals surface area contributed by atoms with Crippen LogP contribution in [0.15, 0.2) is 23.0 Å². The smallest absolute Gasteiger partial charge is 0.182 e. The Morgan fingerprint density at radius 2 is 2.43 bits per heavy atom. The Bertz CT molecular complexity index is 439. The van der Waals surface area contributed by atoms with Crippen molar-refractivity contribution in [2.45, 2.75) is 6.54 Å². The van der Waals surface area contributed by atoms with Crippen LogP contribution < -0.4 is 5.32 Å². The second kappa shape index (κ2) is 4.22. The fourth-order valence-electron chi connectivity index (χ4n) is 1.01. The van der Waals surface area contributed by atoms with Crippen LogP contribution in [0.2, 0.25) is 0 Å². The third-order valence-corrected chi connectivity index (χ3v) is 3.30. The first-order chi connectivity index (χ1) is 6.88. The molecule has 2 aromatic rings. The van der Waals surface area contributed by atoms with Gasteiger partial charge >= 0.3 is 0 Å². The molecule has 0 spiro atoms. The minimum atomic E-state index is 0.728. The lowest BCUT2D eigenvalue weighted by molar-refractivity contribution is 1.17. The third kappa shape index (κ3) is 2.10. The number of rotatable bonds is 3. The van der Waals surface area contributed by atoms with Crippen LogP contribution in [0.3, 0.4) is 0 Å². The predicted octanol–water partition coefficient (Wildman–Crippen LogP) is 2.69. The summed E-state index contributed by atoms with van der Waals surface area (Å²) in [6.45, 7) is 0.736. The molecule has 0 aliphatic heterocycles. The van der Waals surface area contributed by atoms with E-state index < -0.39 is 0 Å². The zero-order chi connectivity index (χ0) is 9.80. The second-order valence-corrected chi connectivity index (χ2v) is 4.49. The van der Waals surface area contributed by atoms with Gasteiger partial charge in [-0.1, -0.05) is 0 Å². The highest BCUT2D eigenvalue weighted by Gasteiger charge is 1.99. The molecule has 2 aromatic heterocycles. The van der Waals surface area contributed by atoms with Crippen LogP contribution in [0.5, 0.6) is 0 Å². The van der Waals surface area contributed by atoms with E-state index in [0.717, 1.165) is 22.1 Å². The average Bonchev–Trinajstić information content (AvgIpc) is 2.86. The molecule has 0 aliphatic rings. The highest BCUT2D eigenvalue weighted by atomic mass is 32.1. The molecule has 5 heteroatoms. The summed E-state index contributed by atoms with van der Waals surface area (Å²) in [5.41, 5.74) is 0.728. The van der Waals surface area contributed by atoms with E-state index in [0.29, 0.717) is 0 Å². The summed E-state index contributed by atoms with van der Waals surface area (Å²) in [5, 5.41) is 16.5. The topological polar surface area (TPSA) is 48.7 Å². The maximum Gasteiger partial charge on any atom is 0.182 e. The van der Waals surface area contributed by atoms with Crippen molar-refractivity contribution < 1.29 is 0 Å². The van der Waals surface area contributed by atoms with Crippen molar-refractivity contribution in [3.05, 3.63) is 33.5 Å². The number of hydrogen-bond acceptors (Lipinski definition) is 5. The Hall–Kier alpha value is -1.38. The molecule has 0 aliphatic carbocycles. The summed E-state index contributed by atoms with van der Waals surface area (Å²) in [7, 11) is 0. The molecule has 0 saturated heterocycles. The quantitative estimate of drug-likeness (QED) is 0.866. The third-order valence-electron chi connectivity index (χ3n) is 1.63. The lowest BCUT2D eigenvalue weighted by Gasteiger charge is -1.97. The summed E-state index contributed by atoms with van der Waals surface area (Å²) < 4.78 is 0. The highest BCUT2D eigenvalue weighted by Crippen LogP contribution is 2.17. The fraction of sp³-hybridized carbons (Fsp3) is 0.111. The number of thiazole rings is 1. The van der Waals surface area contributed by atoms with Gasteiger partial charge < -0.3 is 5.32 Å². The van der Waals surface area contributed by atoms with Gasteiger partial charge in [-0.15, -0.1) is 22.7 Å². The number of nitriles is 1.